The molecule has 0 saturated carbocycles. The molecular weight excluding hydrogens is 330 g/mol. The van der Waals surface area contributed by atoms with Crippen LogP contribution in [0.15, 0.2) is 9.59 Å². The number of rotatable bonds is 5. The highest BCUT2D eigenvalue weighted by molar-refractivity contribution is 5.85. The van der Waals surface area contributed by atoms with Crippen molar-refractivity contribution in [2.45, 2.75) is 47.1 Å². The van der Waals surface area contributed by atoms with Crippen molar-refractivity contribution in [3.05, 3.63) is 26.7 Å². The second kappa shape index (κ2) is 10.3. The predicted octanol–water partition coefficient (Wildman–Crippen LogP) is 1.58. The van der Waals surface area contributed by atoms with Gasteiger partial charge in [-0.2, -0.15) is 0 Å². The lowest BCUT2D eigenvalue weighted by Crippen LogP contribution is -2.37. The minimum atomic E-state index is -0.340. The number of nitrogens with one attached hydrogen (secondary N) is 1. The number of aromatic nitrogens is 4. The molecule has 0 saturated heterocycles. The summed E-state index contributed by atoms with van der Waals surface area (Å²) in [7, 11) is 3.14. The Balaban J connectivity index is 0.000000777. The van der Waals surface area contributed by atoms with E-state index in [1.807, 2.05) is 11.5 Å². The number of unbranched alkanes of at least 4 members (excludes halogenated alkanes) is 1. The van der Waals surface area contributed by atoms with E-state index in [0.29, 0.717) is 11.2 Å². The van der Waals surface area contributed by atoms with Gasteiger partial charge < -0.3 is 9.88 Å². The van der Waals surface area contributed by atoms with Gasteiger partial charge in [0, 0.05) is 20.6 Å². The van der Waals surface area contributed by atoms with Crippen LogP contribution in [0, 0.1) is 6.92 Å². The average Bonchev–Trinajstić information content (AvgIpc) is 2.87. The second-order valence-corrected chi connectivity index (χ2v) is 5.50. The van der Waals surface area contributed by atoms with Crippen LogP contribution in [0.5, 0.6) is 0 Å². The molecule has 2 heterocycles. The third-order valence-corrected chi connectivity index (χ3v) is 3.77. The van der Waals surface area contributed by atoms with Gasteiger partial charge in [-0.15, -0.1) is 12.4 Å². The minimum Gasteiger partial charge on any atom is -0.322 e. The van der Waals surface area contributed by atoms with Crippen molar-refractivity contribution in [3.8, 4) is 0 Å². The Morgan fingerprint density at radius 3 is 2.08 bits per heavy atom. The average molecular weight is 360 g/mol. The maximum absolute atomic E-state index is 12.2. The molecule has 2 rings (SSSR count). The highest BCUT2D eigenvalue weighted by Crippen LogP contribution is 2.11. The lowest BCUT2D eigenvalue weighted by molar-refractivity contribution is 0.625. The molecule has 0 unspecified atom stereocenters. The maximum Gasteiger partial charge on any atom is 0.332 e. The number of aryl methyl sites for hydroxylation is 3. The van der Waals surface area contributed by atoms with Gasteiger partial charge in [-0.05, 0) is 26.4 Å². The maximum atomic E-state index is 12.2. The van der Waals surface area contributed by atoms with Gasteiger partial charge in [0.2, 0.25) is 0 Å². The molecule has 0 aliphatic rings. The van der Waals surface area contributed by atoms with Crippen LogP contribution in [0.1, 0.15) is 39.4 Å². The number of hydrogen-bond donors (Lipinski definition) is 1. The van der Waals surface area contributed by atoms with E-state index in [1.54, 1.807) is 7.05 Å². The monoisotopic (exact) mass is 359 g/mol. The van der Waals surface area contributed by atoms with Gasteiger partial charge in [0.15, 0.2) is 11.2 Å². The molecule has 24 heavy (non-hydrogen) atoms. The molecule has 7 nitrogen and oxygen atoms in total. The van der Waals surface area contributed by atoms with Crippen molar-refractivity contribution in [1.29, 1.82) is 0 Å². The third kappa shape index (κ3) is 4.70. The van der Waals surface area contributed by atoms with Gasteiger partial charge in [-0.3, -0.25) is 13.9 Å². The van der Waals surface area contributed by atoms with E-state index in [1.165, 1.54) is 11.6 Å². The number of halogens is 1. The van der Waals surface area contributed by atoms with Crippen LogP contribution in [-0.4, -0.2) is 31.8 Å². The fourth-order valence-corrected chi connectivity index (χ4v) is 2.40. The molecular formula is C16H30ClN5O2. The summed E-state index contributed by atoms with van der Waals surface area (Å²) in [6.45, 7) is 11.1. The van der Waals surface area contributed by atoms with Gasteiger partial charge in [0.1, 0.15) is 5.82 Å². The Hall–Kier alpha value is -1.60. The summed E-state index contributed by atoms with van der Waals surface area (Å²) in [6, 6.07) is 0. The molecule has 0 atom stereocenters. The largest absolute Gasteiger partial charge is 0.332 e. The number of fused-ring (bicyclic) bond motifs is 1. The minimum absolute atomic E-state index is 0. The van der Waals surface area contributed by atoms with E-state index < -0.39 is 0 Å². The highest BCUT2D eigenvalue weighted by Gasteiger charge is 2.16. The number of nitrogens with zero attached hydrogens (tertiary/aromatic N) is 4. The normalized spacial score (nSPS) is 10.2. The van der Waals surface area contributed by atoms with Crippen LogP contribution in [0.2, 0.25) is 0 Å². The zero-order valence-corrected chi connectivity index (χ0v) is 16.4. The quantitative estimate of drug-likeness (QED) is 0.879. The Morgan fingerprint density at radius 2 is 1.62 bits per heavy atom. The van der Waals surface area contributed by atoms with Crippen LogP contribution in [0.4, 0.5) is 0 Å². The summed E-state index contributed by atoms with van der Waals surface area (Å²) >= 11 is 0. The van der Waals surface area contributed by atoms with Gasteiger partial charge in [-0.1, -0.05) is 27.2 Å². The second-order valence-electron chi connectivity index (χ2n) is 5.50. The molecule has 1 N–H and O–H groups in total. The van der Waals surface area contributed by atoms with Crippen molar-refractivity contribution in [2.75, 3.05) is 13.1 Å². The summed E-state index contributed by atoms with van der Waals surface area (Å²) in [6.07, 6.45) is 2.03. The Bertz CT molecular complexity index is 758. The van der Waals surface area contributed by atoms with Crippen molar-refractivity contribution < 1.29 is 0 Å². The molecule has 0 fully saturated rings. The fourth-order valence-electron chi connectivity index (χ4n) is 2.40. The van der Waals surface area contributed by atoms with E-state index in [0.717, 1.165) is 42.9 Å². The molecule has 8 heteroatoms. The van der Waals surface area contributed by atoms with E-state index in [4.69, 9.17) is 0 Å². The lowest BCUT2D eigenvalue weighted by Gasteiger charge is -2.06. The zero-order chi connectivity index (χ0) is 17.6. The predicted molar refractivity (Wildman–Crippen MR) is 101 cm³/mol. The summed E-state index contributed by atoms with van der Waals surface area (Å²) in [5.41, 5.74) is 0.375. The smallest absolute Gasteiger partial charge is 0.322 e. The van der Waals surface area contributed by atoms with Crippen LogP contribution in [-0.2, 0) is 20.6 Å². The van der Waals surface area contributed by atoms with Crippen LogP contribution in [0.25, 0.3) is 11.2 Å². The van der Waals surface area contributed by atoms with Crippen LogP contribution < -0.4 is 16.6 Å². The first kappa shape index (κ1) is 22.4. The van der Waals surface area contributed by atoms with E-state index in [2.05, 4.69) is 31.1 Å². The zero-order valence-electron chi connectivity index (χ0n) is 15.5. The summed E-state index contributed by atoms with van der Waals surface area (Å²) in [5, 5.41) is 3.11. The standard InChI is InChI=1S/C12H18N4O2.C4H11N.ClH/c1-5-6-7-16-8(2)13-10-9(16)11(17)15(4)12(18)14(10)3;1-3-5-4-2;/h5-7H2,1-4H3;5H,3-4H2,1-2H3;1H. The topological polar surface area (TPSA) is 73.8 Å². The SMILES string of the molecule is CCCCn1c(C)nc2c1c(=O)n(C)c(=O)n2C.CCNCC.Cl. The first-order valence-corrected chi connectivity index (χ1v) is 8.24. The molecule has 0 aromatic carbocycles. The van der Waals surface area contributed by atoms with Crippen molar-refractivity contribution in [2.24, 2.45) is 14.1 Å². The number of hydrogen-bond acceptors (Lipinski definition) is 4. The highest BCUT2D eigenvalue weighted by atomic mass is 35.5. The molecule has 0 amide bonds. The Kier molecular flexibility index (Phi) is 9.62. The van der Waals surface area contributed by atoms with Crippen LogP contribution in [0.3, 0.4) is 0 Å². The molecule has 2 aromatic heterocycles. The summed E-state index contributed by atoms with van der Waals surface area (Å²) in [5.74, 6) is 0.775. The molecule has 0 aliphatic carbocycles. The molecule has 0 radical (unpaired) electrons. The Labute approximate surface area is 149 Å². The van der Waals surface area contributed by atoms with Crippen molar-refractivity contribution in [1.82, 2.24) is 24.0 Å². The van der Waals surface area contributed by atoms with Gasteiger partial charge in [0.25, 0.3) is 5.56 Å². The molecule has 138 valence electrons. The Morgan fingerprint density at radius 1 is 1.04 bits per heavy atom. The summed E-state index contributed by atoms with van der Waals surface area (Å²) < 4.78 is 4.46. The van der Waals surface area contributed by atoms with E-state index in [9.17, 15) is 9.59 Å². The number of imidazole rings is 1. The molecule has 0 bridgehead atoms. The first-order valence-electron chi connectivity index (χ1n) is 8.24. The van der Waals surface area contributed by atoms with Crippen molar-refractivity contribution in [3.63, 3.8) is 0 Å². The van der Waals surface area contributed by atoms with Gasteiger partial charge >= 0.3 is 5.69 Å². The van der Waals surface area contributed by atoms with Gasteiger partial charge in [-0.25, -0.2) is 9.78 Å². The van der Waals surface area contributed by atoms with E-state index >= 15 is 0 Å². The summed E-state index contributed by atoms with van der Waals surface area (Å²) in [4.78, 5) is 28.3. The lowest BCUT2D eigenvalue weighted by atomic mass is 10.3. The third-order valence-electron chi connectivity index (χ3n) is 3.77. The van der Waals surface area contributed by atoms with Gasteiger partial charge in [0.05, 0.1) is 0 Å². The molecule has 0 aliphatic heterocycles. The first-order chi connectivity index (χ1) is 10.9. The molecule has 2 aromatic rings. The fraction of sp³-hybridized carbons (Fsp3) is 0.688. The van der Waals surface area contributed by atoms with E-state index in [-0.39, 0.29) is 23.7 Å². The van der Waals surface area contributed by atoms with Crippen molar-refractivity contribution >= 4 is 23.6 Å². The molecule has 0 spiro atoms. The van der Waals surface area contributed by atoms with Crippen LogP contribution >= 0.6 is 12.4 Å².